The van der Waals surface area contributed by atoms with E-state index in [4.69, 9.17) is 18.5 Å². The van der Waals surface area contributed by atoms with Crippen molar-refractivity contribution >= 4 is 51.3 Å². The van der Waals surface area contributed by atoms with Gasteiger partial charge >= 0.3 is 8.25 Å². The molecule has 2 heterocycles. The van der Waals surface area contributed by atoms with Crippen molar-refractivity contribution in [3.63, 3.8) is 0 Å². The molecule has 0 aromatic heterocycles. The zero-order chi connectivity index (χ0) is 35.8. The lowest BCUT2D eigenvalue weighted by molar-refractivity contribution is -0.174. The second kappa shape index (κ2) is 12.1. The largest absolute Gasteiger partial charge is 0.700 e. The minimum atomic E-state index is -2.86. The van der Waals surface area contributed by atoms with Crippen LogP contribution >= 0.6 is 8.25 Å². The van der Waals surface area contributed by atoms with Crippen LogP contribution in [0.1, 0.15) is 36.1 Å². The molecule has 8 aromatic rings. The fraction of sp³-hybridized carbons (Fsp3) is 0.149. The van der Waals surface area contributed by atoms with Gasteiger partial charge in [-0.1, -0.05) is 173 Å². The normalized spacial score (nSPS) is 22.9. The summed E-state index contributed by atoms with van der Waals surface area (Å²) in [6.45, 7) is 3.87. The van der Waals surface area contributed by atoms with Crippen molar-refractivity contribution < 1.29 is 23.1 Å². The second-order valence-corrected chi connectivity index (χ2v) is 15.3. The summed E-state index contributed by atoms with van der Waals surface area (Å²) in [6, 6.07) is 57.8. The summed E-state index contributed by atoms with van der Waals surface area (Å²) in [7, 11) is -2.86. The number of hydrogen-bond donors (Lipinski definition) is 0. The monoisotopic (exact) mass is 711 g/mol. The highest BCUT2D eigenvalue weighted by Crippen LogP contribution is 2.63. The average molecular weight is 712 g/mol. The van der Waals surface area contributed by atoms with Gasteiger partial charge in [-0.25, -0.2) is 0 Å². The van der Waals surface area contributed by atoms with Crippen LogP contribution < -0.4 is 0 Å². The third kappa shape index (κ3) is 4.93. The molecule has 4 atom stereocenters. The maximum Gasteiger partial charge on any atom is 0.700 e. The zero-order valence-electron chi connectivity index (χ0n) is 29.3. The van der Waals surface area contributed by atoms with Gasteiger partial charge in [-0.15, -0.1) is 0 Å². The zero-order valence-corrected chi connectivity index (χ0v) is 30.2. The van der Waals surface area contributed by atoms with Gasteiger partial charge in [0.2, 0.25) is 11.2 Å². The molecule has 0 aliphatic carbocycles. The molecule has 2 saturated heterocycles. The Kier molecular flexibility index (Phi) is 7.42. The molecule has 8 aromatic carbocycles. The number of fused-ring (bicyclic) bond motifs is 5. The highest BCUT2D eigenvalue weighted by molar-refractivity contribution is 7.33. The molecule has 0 bridgehead atoms. The van der Waals surface area contributed by atoms with E-state index >= 15 is 4.57 Å². The highest BCUT2D eigenvalue weighted by Gasteiger charge is 2.72. The first-order chi connectivity index (χ1) is 25.9. The molecule has 6 heteroatoms. The summed E-state index contributed by atoms with van der Waals surface area (Å²) in [6.07, 6.45) is -1.72. The van der Waals surface area contributed by atoms with Crippen LogP contribution in [0.4, 0.5) is 0 Å². The lowest BCUT2D eigenvalue weighted by Gasteiger charge is -2.40. The molecule has 0 amide bonds. The third-order valence-electron chi connectivity index (χ3n) is 11.1. The molecule has 0 radical (unpaired) electrons. The van der Waals surface area contributed by atoms with E-state index in [1.807, 2.05) is 80.6 Å². The Balaban J connectivity index is 1.36. The predicted molar refractivity (Wildman–Crippen MR) is 211 cm³/mol. The van der Waals surface area contributed by atoms with E-state index in [1.54, 1.807) is 0 Å². The highest BCUT2D eigenvalue weighted by atomic mass is 31.1. The van der Waals surface area contributed by atoms with Crippen LogP contribution in [0.15, 0.2) is 170 Å². The molecule has 0 saturated carbocycles. The second-order valence-electron chi connectivity index (χ2n) is 14.5. The van der Waals surface area contributed by atoms with Gasteiger partial charge in [0.05, 0.1) is 0 Å². The molecule has 5 nitrogen and oxygen atoms in total. The standard InChI is InChI=1S/C47H36O5P/c1-45(2)49-43-44(50-45)47(41-26-12-20-33-16-6-9-23-38(33)41,42-27-13-21-34-17-7-10-24-39(34)42)52-53(48)51-46(43,36-29-28-31-14-3-4-18-35(31)30-36)40-25-11-19-32-15-5-8-22-37(32)40/h3-30,43-44H,1-2H3/q+1/t43-,44-,46?/m0/s1. The molecule has 2 unspecified atom stereocenters. The van der Waals surface area contributed by atoms with Crippen LogP contribution in [-0.4, -0.2) is 18.0 Å². The van der Waals surface area contributed by atoms with Crippen molar-refractivity contribution in [2.75, 3.05) is 0 Å². The number of rotatable bonds is 4. The van der Waals surface area contributed by atoms with Gasteiger partial charge in [-0.2, -0.15) is 0 Å². The Morgan fingerprint density at radius 2 is 0.830 bits per heavy atom. The van der Waals surface area contributed by atoms with Gasteiger partial charge < -0.3 is 9.47 Å². The van der Waals surface area contributed by atoms with E-state index in [9.17, 15) is 0 Å². The SMILES string of the molecule is CC1(C)O[C@H]2[C@H](O1)C(c1cccc3ccccc13)(c1cccc3ccccc13)O[P+](=O)OC2(c1ccc2ccccc2c1)c1cccc2ccccc12. The molecular formula is C47H36O5P+. The maximum absolute atomic E-state index is 15.3. The van der Waals surface area contributed by atoms with Crippen molar-refractivity contribution in [1.82, 2.24) is 0 Å². The van der Waals surface area contributed by atoms with Crippen molar-refractivity contribution in [1.29, 1.82) is 0 Å². The molecule has 2 fully saturated rings. The number of hydrogen-bond acceptors (Lipinski definition) is 5. The molecule has 53 heavy (non-hydrogen) atoms. The molecule has 0 spiro atoms. The average Bonchev–Trinajstić information content (AvgIpc) is 3.49. The molecule has 0 N–H and O–H groups in total. The van der Waals surface area contributed by atoms with Crippen LogP contribution in [0, 0.1) is 0 Å². The van der Waals surface area contributed by atoms with Crippen molar-refractivity contribution in [2.24, 2.45) is 0 Å². The van der Waals surface area contributed by atoms with Crippen molar-refractivity contribution in [3.8, 4) is 0 Å². The van der Waals surface area contributed by atoms with E-state index in [1.165, 1.54) is 0 Å². The van der Waals surface area contributed by atoms with Gasteiger partial charge in [0.25, 0.3) is 0 Å². The van der Waals surface area contributed by atoms with Gasteiger partial charge in [-0.05, 0) is 68.6 Å². The molecular weight excluding hydrogens is 675 g/mol. The lowest BCUT2D eigenvalue weighted by Crippen LogP contribution is -2.53. The Hall–Kier alpha value is -5.26. The summed E-state index contributed by atoms with van der Waals surface area (Å²) >= 11 is 0. The summed E-state index contributed by atoms with van der Waals surface area (Å²) in [5.74, 6) is -1.09. The van der Waals surface area contributed by atoms with Crippen molar-refractivity contribution in [3.05, 3.63) is 192 Å². The van der Waals surface area contributed by atoms with E-state index < -0.39 is 37.5 Å². The maximum atomic E-state index is 15.3. The summed E-state index contributed by atoms with van der Waals surface area (Å²) in [5, 5.41) is 8.07. The molecule has 258 valence electrons. The first-order valence-corrected chi connectivity index (χ1v) is 19.1. The first kappa shape index (κ1) is 32.4. The third-order valence-corrected chi connectivity index (χ3v) is 12.0. The minimum absolute atomic E-state index is 0.794. The summed E-state index contributed by atoms with van der Waals surface area (Å²) in [5.41, 5.74) is 0.345. The van der Waals surface area contributed by atoms with Gasteiger partial charge in [-0.3, -0.25) is 0 Å². The number of ether oxygens (including phenoxy) is 2. The van der Waals surface area contributed by atoms with E-state index in [-0.39, 0.29) is 0 Å². The van der Waals surface area contributed by atoms with Crippen LogP contribution in [0.5, 0.6) is 0 Å². The predicted octanol–water partition coefficient (Wildman–Crippen LogP) is 11.7. The molecule has 2 aliphatic rings. The Labute approximate surface area is 308 Å². The van der Waals surface area contributed by atoms with E-state index in [0.717, 1.165) is 65.3 Å². The fourth-order valence-corrected chi connectivity index (χ4v) is 10.0. The topological polar surface area (TPSA) is 54.0 Å². The van der Waals surface area contributed by atoms with Crippen LogP contribution in [0.3, 0.4) is 0 Å². The first-order valence-electron chi connectivity index (χ1n) is 18.0. The quantitative estimate of drug-likeness (QED) is 0.170. The summed E-state index contributed by atoms with van der Waals surface area (Å²) < 4.78 is 44.1. The van der Waals surface area contributed by atoms with Crippen molar-refractivity contribution in [2.45, 2.75) is 43.0 Å². The minimum Gasteiger partial charge on any atom is -0.340 e. The van der Waals surface area contributed by atoms with Gasteiger partial charge in [0, 0.05) is 21.3 Å². The molecule has 2 aliphatic heterocycles. The summed E-state index contributed by atoms with van der Waals surface area (Å²) in [4.78, 5) is 0. The van der Waals surface area contributed by atoms with E-state index in [0.29, 0.717) is 0 Å². The van der Waals surface area contributed by atoms with Crippen LogP contribution in [0.2, 0.25) is 0 Å². The van der Waals surface area contributed by atoms with Gasteiger partial charge in [0.15, 0.2) is 5.79 Å². The molecule has 10 rings (SSSR count). The Morgan fingerprint density at radius 3 is 1.36 bits per heavy atom. The Bertz CT molecular complexity index is 2640. The fourth-order valence-electron chi connectivity index (χ4n) is 8.91. The Morgan fingerprint density at radius 1 is 0.434 bits per heavy atom. The number of benzene rings is 8. The van der Waals surface area contributed by atoms with Crippen LogP contribution in [0.25, 0.3) is 43.1 Å². The van der Waals surface area contributed by atoms with Gasteiger partial charge in [0.1, 0.15) is 12.2 Å². The lowest BCUT2D eigenvalue weighted by atomic mass is 9.70. The van der Waals surface area contributed by atoms with Crippen LogP contribution in [-0.2, 0) is 34.3 Å². The van der Waals surface area contributed by atoms with E-state index in [2.05, 4.69) is 103 Å². The smallest absolute Gasteiger partial charge is 0.340 e.